The van der Waals surface area contributed by atoms with Gasteiger partial charge in [0.1, 0.15) is 11.2 Å². The van der Waals surface area contributed by atoms with E-state index in [1.165, 1.54) is 6.20 Å². The molecule has 0 atom stereocenters. The fraction of sp³-hybridized carbons (Fsp3) is 0.667. The second-order valence-corrected chi connectivity index (χ2v) is 7.07. The Balaban J connectivity index is 2.78. The SMILES string of the molecule is CC(C)(C)OC(=O)NCCc1c(C(=O)O)cnn1C(C)(C)C. The first-order valence-corrected chi connectivity index (χ1v) is 7.19. The van der Waals surface area contributed by atoms with Crippen LogP contribution >= 0.6 is 0 Å². The topological polar surface area (TPSA) is 93.4 Å². The molecule has 0 radical (unpaired) electrons. The molecule has 0 unspecified atom stereocenters. The highest BCUT2D eigenvalue weighted by Gasteiger charge is 2.24. The molecule has 22 heavy (non-hydrogen) atoms. The number of amides is 1. The summed E-state index contributed by atoms with van der Waals surface area (Å²) in [7, 11) is 0. The third-order valence-electron chi connectivity index (χ3n) is 2.76. The van der Waals surface area contributed by atoms with Gasteiger partial charge in [-0.25, -0.2) is 9.59 Å². The summed E-state index contributed by atoms with van der Waals surface area (Å²) in [5.74, 6) is -1.03. The maximum absolute atomic E-state index is 11.6. The summed E-state index contributed by atoms with van der Waals surface area (Å²) in [4.78, 5) is 22.9. The molecule has 0 saturated carbocycles. The summed E-state index contributed by atoms with van der Waals surface area (Å²) in [5.41, 5.74) is -0.171. The van der Waals surface area contributed by atoms with Crippen LogP contribution in [0.5, 0.6) is 0 Å². The van der Waals surface area contributed by atoms with Crippen LogP contribution in [0.1, 0.15) is 57.6 Å². The molecule has 0 saturated heterocycles. The maximum atomic E-state index is 11.6. The van der Waals surface area contributed by atoms with E-state index >= 15 is 0 Å². The van der Waals surface area contributed by atoms with E-state index in [9.17, 15) is 14.7 Å². The Morgan fingerprint density at radius 3 is 2.32 bits per heavy atom. The van der Waals surface area contributed by atoms with E-state index < -0.39 is 17.7 Å². The van der Waals surface area contributed by atoms with E-state index in [0.717, 1.165) is 0 Å². The number of aromatic nitrogens is 2. The summed E-state index contributed by atoms with van der Waals surface area (Å²) in [5, 5.41) is 16.0. The first kappa shape index (κ1) is 18.0. The molecule has 2 N–H and O–H groups in total. The molecule has 0 aromatic carbocycles. The van der Waals surface area contributed by atoms with Crippen molar-refractivity contribution in [1.29, 1.82) is 0 Å². The lowest BCUT2D eigenvalue weighted by Gasteiger charge is -2.23. The molecule has 7 nitrogen and oxygen atoms in total. The molecule has 1 amide bonds. The lowest BCUT2D eigenvalue weighted by atomic mass is 10.1. The van der Waals surface area contributed by atoms with Crippen LogP contribution in [0.15, 0.2) is 6.20 Å². The highest BCUT2D eigenvalue weighted by Crippen LogP contribution is 2.19. The van der Waals surface area contributed by atoms with Gasteiger partial charge in [0.25, 0.3) is 0 Å². The quantitative estimate of drug-likeness (QED) is 0.890. The first-order chi connectivity index (χ1) is 9.92. The third kappa shape index (κ3) is 5.05. The smallest absolute Gasteiger partial charge is 0.407 e. The number of nitrogens with zero attached hydrogens (tertiary/aromatic N) is 2. The predicted octanol–water partition coefficient (Wildman–Crippen LogP) is 2.40. The molecule has 0 fully saturated rings. The van der Waals surface area contributed by atoms with Crippen molar-refractivity contribution in [2.75, 3.05) is 6.54 Å². The van der Waals surface area contributed by atoms with Gasteiger partial charge in [0.15, 0.2) is 0 Å². The van der Waals surface area contributed by atoms with Crippen molar-refractivity contribution in [2.45, 2.75) is 59.1 Å². The number of carboxylic acids is 1. The Bertz CT molecular complexity index is 550. The third-order valence-corrected chi connectivity index (χ3v) is 2.76. The lowest BCUT2D eigenvalue weighted by Crippen LogP contribution is -2.34. The zero-order valence-electron chi connectivity index (χ0n) is 14.1. The highest BCUT2D eigenvalue weighted by atomic mass is 16.6. The van der Waals surface area contributed by atoms with E-state index in [2.05, 4.69) is 10.4 Å². The standard InChI is InChI=1S/C15H25N3O4/c1-14(2,3)18-11(10(9-17-18)12(19)20)7-8-16-13(21)22-15(4,5)6/h9H,7-8H2,1-6H3,(H,16,21)(H,19,20). The second kappa shape index (κ2) is 6.37. The van der Waals surface area contributed by atoms with Crippen molar-refractivity contribution in [2.24, 2.45) is 0 Å². The zero-order valence-corrected chi connectivity index (χ0v) is 14.1. The number of alkyl carbamates (subject to hydrolysis) is 1. The predicted molar refractivity (Wildman–Crippen MR) is 82.1 cm³/mol. The largest absolute Gasteiger partial charge is 0.478 e. The zero-order chi connectivity index (χ0) is 17.1. The minimum absolute atomic E-state index is 0.154. The Morgan fingerprint density at radius 2 is 1.86 bits per heavy atom. The van der Waals surface area contributed by atoms with Crippen LogP contribution in [0.4, 0.5) is 4.79 Å². The molecule has 0 aliphatic carbocycles. The molecule has 1 heterocycles. The molecule has 1 aromatic rings. The van der Waals surface area contributed by atoms with Crippen molar-refractivity contribution >= 4 is 12.1 Å². The van der Waals surface area contributed by atoms with Gasteiger partial charge in [-0.3, -0.25) is 4.68 Å². The van der Waals surface area contributed by atoms with Gasteiger partial charge in [0, 0.05) is 13.0 Å². The van der Waals surface area contributed by atoms with Gasteiger partial charge in [-0.1, -0.05) is 0 Å². The molecular formula is C15H25N3O4. The van der Waals surface area contributed by atoms with E-state index in [4.69, 9.17) is 4.74 Å². The minimum Gasteiger partial charge on any atom is -0.478 e. The molecular weight excluding hydrogens is 286 g/mol. The van der Waals surface area contributed by atoms with Crippen molar-refractivity contribution in [3.05, 3.63) is 17.5 Å². The number of ether oxygens (including phenoxy) is 1. The number of carbonyl (C=O) groups is 2. The van der Waals surface area contributed by atoms with Crippen molar-refractivity contribution in [1.82, 2.24) is 15.1 Å². The maximum Gasteiger partial charge on any atom is 0.407 e. The number of carbonyl (C=O) groups excluding carboxylic acids is 1. The first-order valence-electron chi connectivity index (χ1n) is 7.19. The molecule has 0 spiro atoms. The normalized spacial score (nSPS) is 12.1. The lowest BCUT2D eigenvalue weighted by molar-refractivity contribution is 0.0528. The van der Waals surface area contributed by atoms with E-state index in [1.54, 1.807) is 25.5 Å². The highest BCUT2D eigenvalue weighted by molar-refractivity contribution is 5.88. The van der Waals surface area contributed by atoms with E-state index in [-0.39, 0.29) is 17.6 Å². The summed E-state index contributed by atoms with van der Waals surface area (Å²) in [6.07, 6.45) is 1.18. The summed E-state index contributed by atoms with van der Waals surface area (Å²) in [6.45, 7) is 11.4. The number of carboxylic acid groups (broad SMARTS) is 1. The van der Waals surface area contributed by atoms with Crippen LogP contribution in [-0.2, 0) is 16.7 Å². The van der Waals surface area contributed by atoms with Gasteiger partial charge in [-0.05, 0) is 41.5 Å². The number of nitrogens with one attached hydrogen (secondary N) is 1. The van der Waals surface area contributed by atoms with Gasteiger partial charge < -0.3 is 15.2 Å². The Morgan fingerprint density at radius 1 is 1.27 bits per heavy atom. The Labute approximate surface area is 130 Å². The number of aromatic carboxylic acids is 1. The Kier molecular flexibility index (Phi) is 5.22. The molecule has 124 valence electrons. The molecule has 0 aliphatic rings. The minimum atomic E-state index is -1.03. The summed E-state index contributed by atoms with van der Waals surface area (Å²) >= 11 is 0. The van der Waals surface area contributed by atoms with Gasteiger partial charge in [0.2, 0.25) is 0 Å². The van der Waals surface area contributed by atoms with Crippen LogP contribution < -0.4 is 5.32 Å². The van der Waals surface area contributed by atoms with Crippen molar-refractivity contribution in [3.63, 3.8) is 0 Å². The van der Waals surface area contributed by atoms with Crippen molar-refractivity contribution < 1.29 is 19.4 Å². The summed E-state index contributed by atoms with van der Waals surface area (Å²) in [6, 6.07) is 0. The van der Waals surface area contributed by atoms with Crippen LogP contribution in [0.2, 0.25) is 0 Å². The molecule has 1 aromatic heterocycles. The van der Waals surface area contributed by atoms with Crippen LogP contribution in [-0.4, -0.2) is 39.1 Å². The molecule has 0 bridgehead atoms. The number of hydrogen-bond donors (Lipinski definition) is 2. The van der Waals surface area contributed by atoms with Gasteiger partial charge in [0.05, 0.1) is 17.4 Å². The van der Waals surface area contributed by atoms with Crippen LogP contribution in [0.25, 0.3) is 0 Å². The van der Waals surface area contributed by atoms with Gasteiger partial charge in [-0.2, -0.15) is 5.10 Å². The molecule has 1 rings (SSSR count). The van der Waals surface area contributed by atoms with Gasteiger partial charge in [-0.15, -0.1) is 0 Å². The number of hydrogen-bond acceptors (Lipinski definition) is 4. The number of rotatable bonds is 4. The average molecular weight is 311 g/mol. The fourth-order valence-electron chi connectivity index (χ4n) is 1.97. The Hall–Kier alpha value is -2.05. The van der Waals surface area contributed by atoms with E-state index in [0.29, 0.717) is 12.1 Å². The molecule has 7 heteroatoms. The van der Waals surface area contributed by atoms with Crippen LogP contribution in [0.3, 0.4) is 0 Å². The van der Waals surface area contributed by atoms with Crippen molar-refractivity contribution in [3.8, 4) is 0 Å². The summed E-state index contributed by atoms with van der Waals surface area (Å²) < 4.78 is 6.82. The molecule has 0 aliphatic heterocycles. The average Bonchev–Trinajstić information content (AvgIpc) is 2.69. The fourth-order valence-corrected chi connectivity index (χ4v) is 1.97. The monoisotopic (exact) mass is 311 g/mol. The van der Waals surface area contributed by atoms with E-state index in [1.807, 2.05) is 20.8 Å². The van der Waals surface area contributed by atoms with Gasteiger partial charge >= 0.3 is 12.1 Å². The second-order valence-electron chi connectivity index (χ2n) is 7.07. The van der Waals surface area contributed by atoms with Crippen LogP contribution in [0, 0.1) is 0 Å².